The van der Waals surface area contributed by atoms with Crippen molar-refractivity contribution >= 4 is 5.82 Å². The van der Waals surface area contributed by atoms with E-state index in [1.165, 1.54) is 0 Å². The van der Waals surface area contributed by atoms with Crippen LogP contribution >= 0.6 is 0 Å². The van der Waals surface area contributed by atoms with E-state index in [0.29, 0.717) is 13.1 Å². The second kappa shape index (κ2) is 4.79. The average Bonchev–Trinajstić information content (AvgIpc) is 2.15. The van der Waals surface area contributed by atoms with Gasteiger partial charge in [0, 0.05) is 24.8 Å². The lowest BCUT2D eigenvalue weighted by atomic mass is 10.1. The lowest BCUT2D eigenvalue weighted by Gasteiger charge is -2.10. The fraction of sp³-hybridized carbons (Fsp3) is 0.444. The predicted octanol–water partition coefficient (Wildman–Crippen LogP) is 0.253. The van der Waals surface area contributed by atoms with Crippen LogP contribution in [0.3, 0.4) is 0 Å². The van der Waals surface area contributed by atoms with E-state index >= 15 is 0 Å². The lowest BCUT2D eigenvalue weighted by molar-refractivity contribution is 0.311. The molecule has 0 aliphatic heterocycles. The Hall–Kier alpha value is -1.13. The fourth-order valence-electron chi connectivity index (χ4n) is 1.17. The zero-order chi connectivity index (χ0) is 9.68. The molecule has 1 aromatic heterocycles. The van der Waals surface area contributed by atoms with Crippen LogP contribution < -0.4 is 11.1 Å². The number of nitrogens with one attached hydrogen (secondary N) is 1. The molecule has 13 heavy (non-hydrogen) atoms. The molecule has 0 saturated heterocycles. The van der Waals surface area contributed by atoms with Gasteiger partial charge in [-0.1, -0.05) is 0 Å². The van der Waals surface area contributed by atoms with E-state index in [4.69, 9.17) is 10.8 Å². The van der Waals surface area contributed by atoms with E-state index in [1.807, 2.05) is 13.0 Å². The molecule has 0 fully saturated rings. The van der Waals surface area contributed by atoms with Crippen molar-refractivity contribution in [1.29, 1.82) is 0 Å². The summed E-state index contributed by atoms with van der Waals surface area (Å²) in [5.41, 5.74) is 7.71. The predicted molar refractivity (Wildman–Crippen MR) is 52.4 cm³/mol. The molecule has 0 radical (unpaired) electrons. The number of hydrogen-bond acceptors (Lipinski definition) is 4. The summed E-state index contributed by atoms with van der Waals surface area (Å²) in [6.07, 6.45) is 1.73. The van der Waals surface area contributed by atoms with Crippen molar-refractivity contribution in [3.63, 3.8) is 0 Å². The second-order valence-corrected chi connectivity index (χ2v) is 2.81. The van der Waals surface area contributed by atoms with Crippen LogP contribution in [0, 0.1) is 6.92 Å². The van der Waals surface area contributed by atoms with Crippen molar-refractivity contribution in [1.82, 2.24) is 4.98 Å². The maximum atomic E-state index is 8.64. The molecule has 1 rings (SSSR count). The van der Waals surface area contributed by atoms with Crippen molar-refractivity contribution in [3.05, 3.63) is 23.4 Å². The van der Waals surface area contributed by atoms with Gasteiger partial charge in [-0.05, 0) is 18.6 Å². The van der Waals surface area contributed by atoms with Gasteiger partial charge in [-0.25, -0.2) is 4.98 Å². The van der Waals surface area contributed by atoms with Gasteiger partial charge in [-0.2, -0.15) is 0 Å². The standard InChI is InChI=1S/C9H15N3O/c1-7-2-3-11-9(8(7)6-10)12-4-5-13/h2-3,13H,4-6,10H2,1H3,(H,11,12). The van der Waals surface area contributed by atoms with Crippen molar-refractivity contribution in [3.8, 4) is 0 Å². The van der Waals surface area contributed by atoms with Crippen molar-refractivity contribution < 1.29 is 5.11 Å². The summed E-state index contributed by atoms with van der Waals surface area (Å²) in [5, 5.41) is 11.7. The van der Waals surface area contributed by atoms with Gasteiger partial charge < -0.3 is 16.2 Å². The van der Waals surface area contributed by atoms with Gasteiger partial charge in [0.15, 0.2) is 0 Å². The molecule has 4 nitrogen and oxygen atoms in total. The number of hydrogen-bond donors (Lipinski definition) is 3. The summed E-state index contributed by atoms with van der Waals surface area (Å²) in [5.74, 6) is 0.775. The highest BCUT2D eigenvalue weighted by Gasteiger charge is 2.03. The third-order valence-electron chi connectivity index (χ3n) is 1.90. The highest BCUT2D eigenvalue weighted by molar-refractivity contribution is 5.47. The van der Waals surface area contributed by atoms with E-state index < -0.39 is 0 Å². The zero-order valence-corrected chi connectivity index (χ0v) is 7.75. The smallest absolute Gasteiger partial charge is 0.130 e. The highest BCUT2D eigenvalue weighted by atomic mass is 16.3. The first-order valence-electron chi connectivity index (χ1n) is 4.29. The van der Waals surface area contributed by atoms with Crippen LogP contribution in [0.2, 0.25) is 0 Å². The molecule has 0 saturated carbocycles. The third kappa shape index (κ3) is 2.40. The number of nitrogens with zero attached hydrogens (tertiary/aromatic N) is 1. The van der Waals surface area contributed by atoms with E-state index in [1.54, 1.807) is 6.20 Å². The number of aliphatic hydroxyl groups is 1. The largest absolute Gasteiger partial charge is 0.395 e. The molecule has 0 spiro atoms. The minimum absolute atomic E-state index is 0.0969. The van der Waals surface area contributed by atoms with Crippen LogP contribution in [0.15, 0.2) is 12.3 Å². The SMILES string of the molecule is Cc1ccnc(NCCO)c1CN. The first kappa shape index (κ1) is 9.95. The van der Waals surface area contributed by atoms with Gasteiger partial charge in [0.1, 0.15) is 5.82 Å². The molecule has 0 aromatic carbocycles. The Kier molecular flexibility index (Phi) is 3.67. The maximum absolute atomic E-state index is 8.64. The summed E-state index contributed by atoms with van der Waals surface area (Å²) in [4.78, 5) is 4.15. The Bertz CT molecular complexity index is 276. The minimum Gasteiger partial charge on any atom is -0.395 e. The fourth-order valence-corrected chi connectivity index (χ4v) is 1.17. The number of aromatic nitrogens is 1. The summed E-state index contributed by atoms with van der Waals surface area (Å²) in [7, 11) is 0. The summed E-state index contributed by atoms with van der Waals surface area (Å²) in [6, 6.07) is 1.92. The molecule has 0 aliphatic carbocycles. The molecule has 72 valence electrons. The highest BCUT2D eigenvalue weighted by Crippen LogP contribution is 2.14. The summed E-state index contributed by atoms with van der Waals surface area (Å²) >= 11 is 0. The van der Waals surface area contributed by atoms with Gasteiger partial charge in [0.2, 0.25) is 0 Å². The number of rotatable bonds is 4. The number of nitrogens with two attached hydrogens (primary N) is 1. The Labute approximate surface area is 77.8 Å². The van der Waals surface area contributed by atoms with E-state index in [9.17, 15) is 0 Å². The number of pyridine rings is 1. The van der Waals surface area contributed by atoms with Gasteiger partial charge in [0.05, 0.1) is 6.61 Å². The van der Waals surface area contributed by atoms with Crippen molar-refractivity contribution in [2.45, 2.75) is 13.5 Å². The summed E-state index contributed by atoms with van der Waals surface area (Å²) < 4.78 is 0. The molecule has 1 aromatic rings. The van der Waals surface area contributed by atoms with Crippen LogP contribution in [0.4, 0.5) is 5.82 Å². The second-order valence-electron chi connectivity index (χ2n) is 2.81. The zero-order valence-electron chi connectivity index (χ0n) is 7.75. The van der Waals surface area contributed by atoms with Crippen LogP contribution in [0.1, 0.15) is 11.1 Å². The van der Waals surface area contributed by atoms with E-state index in [2.05, 4.69) is 10.3 Å². The van der Waals surface area contributed by atoms with Crippen LogP contribution in [-0.2, 0) is 6.54 Å². The first-order chi connectivity index (χ1) is 6.29. The van der Waals surface area contributed by atoms with Gasteiger partial charge in [-0.3, -0.25) is 0 Å². The Morgan fingerprint density at radius 1 is 1.62 bits per heavy atom. The molecular formula is C9H15N3O. The Balaban J connectivity index is 2.85. The summed E-state index contributed by atoms with van der Waals surface area (Å²) in [6.45, 7) is 3.06. The van der Waals surface area contributed by atoms with Crippen molar-refractivity contribution in [2.75, 3.05) is 18.5 Å². The minimum atomic E-state index is 0.0969. The average molecular weight is 181 g/mol. The van der Waals surface area contributed by atoms with Gasteiger partial charge >= 0.3 is 0 Å². The monoisotopic (exact) mass is 181 g/mol. The molecule has 4 heteroatoms. The molecule has 4 N–H and O–H groups in total. The van der Waals surface area contributed by atoms with Gasteiger partial charge in [-0.15, -0.1) is 0 Å². The normalized spacial score (nSPS) is 10.1. The third-order valence-corrected chi connectivity index (χ3v) is 1.90. The molecule has 0 unspecified atom stereocenters. The molecule has 1 heterocycles. The van der Waals surface area contributed by atoms with Crippen molar-refractivity contribution in [2.24, 2.45) is 5.73 Å². The number of aliphatic hydroxyl groups excluding tert-OH is 1. The topological polar surface area (TPSA) is 71.2 Å². The van der Waals surface area contributed by atoms with Gasteiger partial charge in [0.25, 0.3) is 0 Å². The molecule has 0 bridgehead atoms. The maximum Gasteiger partial charge on any atom is 0.130 e. The Morgan fingerprint density at radius 3 is 3.00 bits per heavy atom. The number of aryl methyl sites for hydroxylation is 1. The number of anilines is 1. The molecule has 0 aliphatic rings. The molecule has 0 atom stereocenters. The van der Waals surface area contributed by atoms with Crippen LogP contribution in [0.5, 0.6) is 0 Å². The lowest BCUT2D eigenvalue weighted by Crippen LogP contribution is -2.12. The Morgan fingerprint density at radius 2 is 2.38 bits per heavy atom. The first-order valence-corrected chi connectivity index (χ1v) is 4.29. The molecule has 0 amide bonds. The van der Waals surface area contributed by atoms with E-state index in [-0.39, 0.29) is 6.61 Å². The quantitative estimate of drug-likeness (QED) is 0.622. The van der Waals surface area contributed by atoms with Crippen LogP contribution in [0.25, 0.3) is 0 Å². The van der Waals surface area contributed by atoms with Crippen LogP contribution in [-0.4, -0.2) is 23.2 Å². The van der Waals surface area contributed by atoms with E-state index in [0.717, 1.165) is 16.9 Å². The molecular weight excluding hydrogens is 166 g/mol.